The van der Waals surface area contributed by atoms with Crippen molar-refractivity contribution in [1.29, 1.82) is 0 Å². The largest absolute Gasteiger partial charge is 0.481 e. The maximum Gasteiger partial charge on any atom is 0.305 e. The topological polar surface area (TPSA) is 137 Å². The number of halogens is 2. The lowest BCUT2D eigenvalue weighted by Crippen LogP contribution is -2.38. The van der Waals surface area contributed by atoms with Crippen LogP contribution >= 0.6 is 23.2 Å². The molecule has 0 bridgehead atoms. The summed E-state index contributed by atoms with van der Waals surface area (Å²) in [6.07, 6.45) is 2.32. The van der Waals surface area contributed by atoms with Crippen molar-refractivity contribution in [2.45, 2.75) is 19.0 Å². The number of aromatic nitrogens is 1. The average molecular weight is 539 g/mol. The Morgan fingerprint density at radius 1 is 0.865 bits per heavy atom. The number of pyridine rings is 1. The number of aliphatic carboxylic acids is 1. The zero-order chi connectivity index (χ0) is 26.5. The van der Waals surface area contributed by atoms with E-state index in [4.69, 9.17) is 23.2 Å². The number of carbonyl (C=O) groups is 2. The Kier molecular flexibility index (Phi) is 7.86. The molecule has 0 aliphatic rings. The zero-order valence-corrected chi connectivity index (χ0v) is 20.6. The lowest BCUT2D eigenvalue weighted by Gasteiger charge is -2.22. The molecular weight excluding hydrogens is 519 g/mol. The second-order valence-corrected chi connectivity index (χ2v) is 8.91. The number of carbonyl (C=O) groups excluding carboxylic acids is 1. The molecule has 0 aliphatic heterocycles. The van der Waals surface area contributed by atoms with Gasteiger partial charge in [0.2, 0.25) is 0 Å². The van der Waals surface area contributed by atoms with Crippen LogP contribution in [-0.4, -0.2) is 22.0 Å². The summed E-state index contributed by atoms with van der Waals surface area (Å²) in [5, 5.41) is 18.2. The van der Waals surface area contributed by atoms with Gasteiger partial charge in [-0.25, -0.2) is 0 Å². The average Bonchev–Trinajstić information content (AvgIpc) is 2.89. The normalized spacial score (nSPS) is 11.6. The Bertz CT molecular complexity index is 1500. The van der Waals surface area contributed by atoms with Crippen molar-refractivity contribution >= 4 is 52.1 Å². The summed E-state index contributed by atoms with van der Waals surface area (Å²) in [5.41, 5.74) is 0.616. The van der Waals surface area contributed by atoms with Crippen LogP contribution in [0.1, 0.15) is 33.9 Å². The lowest BCUT2D eigenvalue weighted by atomic mass is 10.0. The third-order valence-corrected chi connectivity index (χ3v) is 6.16. The van der Waals surface area contributed by atoms with Crippen LogP contribution in [0.15, 0.2) is 76.6 Å². The Balaban J connectivity index is 1.51. The molecule has 0 fully saturated rings. The second-order valence-electron chi connectivity index (χ2n) is 8.10. The van der Waals surface area contributed by atoms with E-state index in [1.54, 1.807) is 12.1 Å². The van der Waals surface area contributed by atoms with Crippen molar-refractivity contribution in [2.75, 3.05) is 16.0 Å². The van der Waals surface area contributed by atoms with Crippen molar-refractivity contribution in [2.24, 2.45) is 0 Å². The Labute approximate surface area is 220 Å². The van der Waals surface area contributed by atoms with Gasteiger partial charge in [0.05, 0.1) is 28.2 Å². The molecule has 37 heavy (non-hydrogen) atoms. The van der Waals surface area contributed by atoms with E-state index in [1.165, 1.54) is 24.5 Å². The predicted molar refractivity (Wildman–Crippen MR) is 142 cm³/mol. The highest BCUT2D eigenvalue weighted by molar-refractivity contribution is 6.39. The maximum atomic E-state index is 12.7. The number of nitrogens with one attached hydrogen (secondary N) is 3. The van der Waals surface area contributed by atoms with Crippen LogP contribution in [-0.2, 0) is 11.3 Å². The first-order valence-corrected chi connectivity index (χ1v) is 11.8. The molecule has 4 rings (SSSR count). The molecule has 9 nitrogen and oxygen atoms in total. The highest BCUT2D eigenvalue weighted by Crippen LogP contribution is 2.30. The van der Waals surface area contributed by atoms with Gasteiger partial charge in [-0.2, -0.15) is 0 Å². The fraction of sp³-hybridized carbons (Fsp3) is 0.115. The van der Waals surface area contributed by atoms with Crippen molar-refractivity contribution in [3.05, 3.63) is 114 Å². The summed E-state index contributed by atoms with van der Waals surface area (Å²) in [5.74, 6) is -1.60. The first-order chi connectivity index (χ1) is 17.7. The molecule has 0 radical (unpaired) electrons. The molecule has 4 aromatic rings. The highest BCUT2D eigenvalue weighted by Gasteiger charge is 2.25. The molecule has 1 aromatic heterocycles. The van der Waals surface area contributed by atoms with E-state index < -0.39 is 28.8 Å². The molecule has 1 atom stereocenters. The van der Waals surface area contributed by atoms with Gasteiger partial charge in [-0.1, -0.05) is 65.7 Å². The zero-order valence-electron chi connectivity index (χ0n) is 19.1. The highest BCUT2D eigenvalue weighted by atomic mass is 35.5. The quantitative estimate of drug-likeness (QED) is 0.217. The van der Waals surface area contributed by atoms with E-state index >= 15 is 0 Å². The molecule has 0 saturated carbocycles. The van der Waals surface area contributed by atoms with E-state index in [9.17, 15) is 24.3 Å². The standard InChI is InChI=1S/C26H20Cl2N4O5/c27-17-12-29-13-18(28)21(17)32-26(37)16-8-6-15(7-9-16)19(10-20(33)34)31-23-22(24(35)25(23)36)30-11-14-4-2-1-3-5-14/h1-9,12-13,19,30-31H,10-11H2,(H,33,34)(H,29,32,37). The summed E-state index contributed by atoms with van der Waals surface area (Å²) in [4.78, 5) is 52.5. The number of hydrogen-bond acceptors (Lipinski definition) is 7. The molecule has 188 valence electrons. The molecule has 0 spiro atoms. The number of amides is 1. The van der Waals surface area contributed by atoms with Gasteiger partial charge in [0.1, 0.15) is 11.4 Å². The smallest absolute Gasteiger partial charge is 0.305 e. The Morgan fingerprint density at radius 2 is 1.49 bits per heavy atom. The van der Waals surface area contributed by atoms with E-state index in [2.05, 4.69) is 20.9 Å². The van der Waals surface area contributed by atoms with Crippen molar-refractivity contribution < 1.29 is 14.7 Å². The minimum absolute atomic E-state index is 0.0240. The number of nitrogens with zero attached hydrogens (tertiary/aromatic N) is 1. The number of carboxylic acids is 1. The molecule has 1 amide bonds. The van der Waals surface area contributed by atoms with Crippen LogP contribution in [0.5, 0.6) is 0 Å². The van der Waals surface area contributed by atoms with Gasteiger partial charge in [-0.05, 0) is 23.3 Å². The van der Waals surface area contributed by atoms with Crippen LogP contribution in [0.4, 0.5) is 17.1 Å². The fourth-order valence-electron chi connectivity index (χ4n) is 3.67. The Morgan fingerprint density at radius 3 is 2.11 bits per heavy atom. The van der Waals surface area contributed by atoms with Gasteiger partial charge < -0.3 is 21.1 Å². The number of carboxylic acid groups (broad SMARTS) is 1. The van der Waals surface area contributed by atoms with Crippen molar-refractivity contribution in [3.63, 3.8) is 0 Å². The molecule has 1 unspecified atom stereocenters. The van der Waals surface area contributed by atoms with E-state index in [-0.39, 0.29) is 39.1 Å². The summed E-state index contributed by atoms with van der Waals surface area (Å²) < 4.78 is 0. The van der Waals surface area contributed by atoms with Gasteiger partial charge >= 0.3 is 5.97 Å². The van der Waals surface area contributed by atoms with Gasteiger partial charge in [-0.15, -0.1) is 0 Å². The predicted octanol–water partition coefficient (Wildman–Crippen LogP) is 4.48. The van der Waals surface area contributed by atoms with Crippen LogP contribution in [0.2, 0.25) is 10.0 Å². The monoisotopic (exact) mass is 538 g/mol. The number of hydrogen-bond donors (Lipinski definition) is 4. The summed E-state index contributed by atoms with van der Waals surface area (Å²) in [7, 11) is 0. The van der Waals surface area contributed by atoms with Crippen molar-refractivity contribution in [3.8, 4) is 0 Å². The molecule has 0 aliphatic carbocycles. The molecule has 1 heterocycles. The Hall–Kier alpha value is -4.21. The SMILES string of the molecule is O=C(O)CC(Nc1c(NCc2ccccc2)c(=O)c1=O)c1ccc(C(=O)Nc2c(Cl)cncc2Cl)cc1. The summed E-state index contributed by atoms with van der Waals surface area (Å²) in [6.45, 7) is 0.319. The number of rotatable bonds is 10. The molecule has 3 aromatic carbocycles. The minimum atomic E-state index is -1.11. The van der Waals surface area contributed by atoms with Gasteiger partial charge in [0.15, 0.2) is 0 Å². The van der Waals surface area contributed by atoms with E-state index in [1.807, 2.05) is 30.3 Å². The van der Waals surface area contributed by atoms with Crippen LogP contribution in [0.25, 0.3) is 0 Å². The van der Waals surface area contributed by atoms with Crippen LogP contribution in [0, 0.1) is 0 Å². The summed E-state index contributed by atoms with van der Waals surface area (Å²) in [6, 6.07) is 14.6. The lowest BCUT2D eigenvalue weighted by molar-refractivity contribution is -0.137. The molecule has 0 saturated heterocycles. The molecule has 11 heteroatoms. The van der Waals surface area contributed by atoms with Crippen molar-refractivity contribution in [1.82, 2.24) is 4.98 Å². The van der Waals surface area contributed by atoms with Gasteiger partial charge in [-0.3, -0.25) is 24.2 Å². The first-order valence-electron chi connectivity index (χ1n) is 11.0. The number of benzene rings is 2. The third kappa shape index (κ3) is 5.96. The fourth-order valence-corrected chi connectivity index (χ4v) is 4.13. The first kappa shape index (κ1) is 25.9. The minimum Gasteiger partial charge on any atom is -0.481 e. The van der Waals surface area contributed by atoms with E-state index in [0.29, 0.717) is 12.1 Å². The molecule has 4 N–H and O–H groups in total. The maximum absolute atomic E-state index is 12.7. The van der Waals surface area contributed by atoms with Crippen LogP contribution < -0.4 is 26.8 Å². The second kappa shape index (κ2) is 11.2. The summed E-state index contributed by atoms with van der Waals surface area (Å²) >= 11 is 12.1. The van der Waals surface area contributed by atoms with Crippen LogP contribution in [0.3, 0.4) is 0 Å². The van der Waals surface area contributed by atoms with Gasteiger partial charge in [0, 0.05) is 24.5 Å². The number of anilines is 3. The third-order valence-electron chi connectivity index (χ3n) is 5.59. The molecular formula is C26H20Cl2N4O5. The van der Waals surface area contributed by atoms with E-state index in [0.717, 1.165) is 5.56 Å². The van der Waals surface area contributed by atoms with Gasteiger partial charge in [0.25, 0.3) is 16.8 Å².